The lowest BCUT2D eigenvalue weighted by Crippen LogP contribution is -2.47. The van der Waals surface area contributed by atoms with Gasteiger partial charge in [0, 0.05) is 19.2 Å². The van der Waals surface area contributed by atoms with Crippen molar-refractivity contribution in [1.29, 1.82) is 0 Å². The lowest BCUT2D eigenvalue weighted by Gasteiger charge is -2.40. The van der Waals surface area contributed by atoms with Crippen LogP contribution in [0, 0.1) is 5.92 Å². The second-order valence-corrected chi connectivity index (χ2v) is 11.6. The van der Waals surface area contributed by atoms with Gasteiger partial charge in [0.05, 0.1) is 15.2 Å². The molecule has 3 rings (SSSR count). The number of alkyl halides is 6. The molecule has 0 atom stereocenters. The lowest BCUT2D eigenvalue weighted by molar-refractivity contribution is -0.141. The van der Waals surface area contributed by atoms with E-state index in [4.69, 9.17) is 0 Å². The zero-order valence-corrected chi connectivity index (χ0v) is 19.3. The predicted octanol–water partition coefficient (Wildman–Crippen LogP) is 4.61. The van der Waals surface area contributed by atoms with Crippen LogP contribution >= 0.6 is 0 Å². The van der Waals surface area contributed by atoms with Crippen LogP contribution in [0.15, 0.2) is 35.2 Å². The zero-order chi connectivity index (χ0) is 25.7. The number of carbonyl (C=O) groups excluding carboxylic acids is 1. The van der Waals surface area contributed by atoms with Gasteiger partial charge in [-0.15, -0.1) is 0 Å². The van der Waals surface area contributed by atoms with Crippen molar-refractivity contribution in [3.8, 4) is 0 Å². The zero-order valence-electron chi connectivity index (χ0n) is 18.5. The Morgan fingerprint density at radius 2 is 1.71 bits per heavy atom. The number of aryl methyl sites for hydroxylation is 1. The van der Waals surface area contributed by atoms with Crippen LogP contribution in [0.4, 0.5) is 26.3 Å². The minimum atomic E-state index is -4.69. The van der Waals surface area contributed by atoms with E-state index in [0.717, 1.165) is 22.9 Å². The number of halogens is 6. The largest absolute Gasteiger partial charge is 0.435 e. The van der Waals surface area contributed by atoms with Crippen molar-refractivity contribution < 1.29 is 39.6 Å². The molecule has 0 bridgehead atoms. The highest BCUT2D eigenvalue weighted by atomic mass is 32.2. The van der Waals surface area contributed by atoms with Gasteiger partial charge in [0.1, 0.15) is 5.69 Å². The maximum Gasteiger partial charge on any atom is 0.435 e. The number of aromatic nitrogens is 2. The highest BCUT2D eigenvalue weighted by Crippen LogP contribution is 2.40. The maximum atomic E-state index is 13.0. The first-order chi connectivity index (χ1) is 15.4. The molecule has 13 heteroatoms. The fourth-order valence-electron chi connectivity index (χ4n) is 4.06. The normalized spacial score (nSPS) is 19.6. The minimum absolute atomic E-state index is 0.141. The number of rotatable bonds is 6. The molecular formula is C21H23F6N3O3S. The van der Waals surface area contributed by atoms with Gasteiger partial charge in [0.2, 0.25) is 0 Å². The Balaban J connectivity index is 1.62. The molecule has 1 aliphatic rings. The number of sulfone groups is 1. The van der Waals surface area contributed by atoms with Crippen LogP contribution < -0.4 is 5.32 Å². The third-order valence-electron chi connectivity index (χ3n) is 5.95. The van der Waals surface area contributed by atoms with Crippen LogP contribution in [0.25, 0.3) is 0 Å². The molecule has 0 spiro atoms. The van der Waals surface area contributed by atoms with E-state index in [1.807, 2.05) is 0 Å². The van der Waals surface area contributed by atoms with Crippen molar-refractivity contribution in [2.45, 2.75) is 61.1 Å². The predicted molar refractivity (Wildman–Crippen MR) is 110 cm³/mol. The summed E-state index contributed by atoms with van der Waals surface area (Å²) in [6.45, 7) is 2.87. The SMILES string of the molecule is Cn1nc(C(F)(F)F)cc1C(=O)N[C@H]1C[C@@H](CC(C)(C)S(=O)(=O)c2cccc(C(F)(F)F)c2)C1. The van der Waals surface area contributed by atoms with Crippen molar-refractivity contribution in [3.63, 3.8) is 0 Å². The van der Waals surface area contributed by atoms with Gasteiger partial charge >= 0.3 is 12.4 Å². The summed E-state index contributed by atoms with van der Waals surface area (Å²) in [6.07, 6.45) is -8.45. The molecule has 1 amide bonds. The Kier molecular flexibility index (Phi) is 6.57. The molecule has 34 heavy (non-hydrogen) atoms. The smallest absolute Gasteiger partial charge is 0.348 e. The van der Waals surface area contributed by atoms with Gasteiger partial charge in [-0.3, -0.25) is 9.48 Å². The van der Waals surface area contributed by atoms with Gasteiger partial charge in [-0.1, -0.05) is 6.07 Å². The van der Waals surface area contributed by atoms with Crippen molar-refractivity contribution >= 4 is 15.7 Å². The number of nitrogens with one attached hydrogen (secondary N) is 1. The van der Waals surface area contributed by atoms with Crippen LogP contribution in [-0.2, 0) is 29.2 Å². The van der Waals surface area contributed by atoms with Crippen LogP contribution in [0.2, 0.25) is 0 Å². The van der Waals surface area contributed by atoms with E-state index in [1.165, 1.54) is 20.9 Å². The Bertz CT molecular complexity index is 1180. The molecular weight excluding hydrogens is 488 g/mol. The summed E-state index contributed by atoms with van der Waals surface area (Å²) in [6, 6.07) is 3.86. The summed E-state index contributed by atoms with van der Waals surface area (Å²) < 4.78 is 103. The number of carbonyl (C=O) groups is 1. The van der Waals surface area contributed by atoms with Gasteiger partial charge in [0.25, 0.3) is 5.91 Å². The molecule has 1 heterocycles. The molecule has 1 aliphatic carbocycles. The topological polar surface area (TPSA) is 81.1 Å². The summed E-state index contributed by atoms with van der Waals surface area (Å²) in [5.41, 5.74) is -2.50. The average Bonchev–Trinajstić information content (AvgIpc) is 3.07. The van der Waals surface area contributed by atoms with Gasteiger partial charge in [-0.2, -0.15) is 31.4 Å². The van der Waals surface area contributed by atoms with E-state index >= 15 is 0 Å². The molecule has 0 radical (unpaired) electrons. The second-order valence-electron chi connectivity index (χ2n) is 9.04. The first-order valence-electron chi connectivity index (χ1n) is 10.3. The molecule has 1 N–H and O–H groups in total. The number of nitrogens with zero attached hydrogens (tertiary/aromatic N) is 2. The third kappa shape index (κ3) is 5.23. The van der Waals surface area contributed by atoms with Gasteiger partial charge in [-0.05, 0) is 57.2 Å². The first-order valence-corrected chi connectivity index (χ1v) is 11.7. The Labute approximate surface area is 192 Å². The fourth-order valence-corrected chi connectivity index (χ4v) is 5.69. The summed E-state index contributed by atoms with van der Waals surface area (Å²) in [7, 11) is -2.88. The molecule has 1 saturated carbocycles. The van der Waals surface area contributed by atoms with Gasteiger partial charge in [0.15, 0.2) is 15.5 Å². The monoisotopic (exact) mass is 511 g/mol. The average molecular weight is 511 g/mol. The van der Waals surface area contributed by atoms with Crippen LogP contribution in [0.5, 0.6) is 0 Å². The number of hydrogen-bond donors (Lipinski definition) is 1. The summed E-state index contributed by atoms with van der Waals surface area (Å²) >= 11 is 0. The molecule has 2 aromatic rings. The van der Waals surface area contributed by atoms with E-state index in [0.29, 0.717) is 25.0 Å². The lowest BCUT2D eigenvalue weighted by atomic mass is 9.75. The number of hydrogen-bond acceptors (Lipinski definition) is 4. The van der Waals surface area contributed by atoms with E-state index in [1.54, 1.807) is 0 Å². The fraction of sp³-hybridized carbons (Fsp3) is 0.524. The maximum absolute atomic E-state index is 13.0. The summed E-state index contributed by atoms with van der Waals surface area (Å²) in [5.74, 6) is -0.872. The number of benzene rings is 1. The minimum Gasteiger partial charge on any atom is -0.348 e. The molecule has 1 fully saturated rings. The molecule has 6 nitrogen and oxygen atoms in total. The Hall–Kier alpha value is -2.57. The molecule has 1 aromatic heterocycles. The van der Waals surface area contributed by atoms with E-state index in [9.17, 15) is 39.6 Å². The summed E-state index contributed by atoms with van der Waals surface area (Å²) in [4.78, 5) is 11.9. The third-order valence-corrected chi connectivity index (χ3v) is 8.45. The highest BCUT2D eigenvalue weighted by molar-refractivity contribution is 7.92. The standard InChI is InChI=1S/C21H23F6N3O3S/c1-19(2,34(32,33)15-6-4-5-13(9-15)20(22,23)24)11-12-7-14(8-12)28-18(31)16-10-17(21(25,26)27)29-30(16)3/h4-6,9-10,12,14H,7-8,11H2,1-3H3,(H,28,31)/t12-,14+. The van der Waals surface area contributed by atoms with E-state index < -0.39 is 49.0 Å². The quantitative estimate of drug-likeness (QED) is 0.575. The molecule has 188 valence electrons. The van der Waals surface area contributed by atoms with Gasteiger partial charge < -0.3 is 5.32 Å². The molecule has 0 aliphatic heterocycles. The Morgan fingerprint density at radius 3 is 2.24 bits per heavy atom. The first kappa shape index (κ1) is 26.0. The second kappa shape index (κ2) is 8.58. The molecule has 1 aromatic carbocycles. The summed E-state index contributed by atoms with van der Waals surface area (Å²) in [5, 5.41) is 5.90. The van der Waals surface area contributed by atoms with Crippen molar-refractivity contribution in [2.75, 3.05) is 0 Å². The molecule has 0 unspecified atom stereocenters. The van der Waals surface area contributed by atoms with Crippen molar-refractivity contribution in [2.24, 2.45) is 13.0 Å². The van der Waals surface area contributed by atoms with Crippen LogP contribution in [0.3, 0.4) is 0 Å². The number of amides is 1. The highest BCUT2D eigenvalue weighted by Gasteiger charge is 2.43. The van der Waals surface area contributed by atoms with E-state index in [-0.39, 0.29) is 24.1 Å². The van der Waals surface area contributed by atoms with Crippen LogP contribution in [0.1, 0.15) is 54.9 Å². The van der Waals surface area contributed by atoms with Crippen LogP contribution in [-0.4, -0.2) is 34.9 Å². The van der Waals surface area contributed by atoms with Gasteiger partial charge in [-0.25, -0.2) is 8.42 Å². The Morgan fingerprint density at radius 1 is 1.09 bits per heavy atom. The van der Waals surface area contributed by atoms with Crippen molar-refractivity contribution in [1.82, 2.24) is 15.1 Å². The van der Waals surface area contributed by atoms with E-state index in [2.05, 4.69) is 10.4 Å². The van der Waals surface area contributed by atoms with Crippen molar-refractivity contribution in [3.05, 3.63) is 47.3 Å². The molecule has 0 saturated heterocycles.